The molecule has 5 aliphatic carbocycles. The minimum absolute atomic E-state index is 0.0139. The van der Waals surface area contributed by atoms with Crippen molar-refractivity contribution < 1.29 is 9.53 Å². The van der Waals surface area contributed by atoms with E-state index >= 15 is 0 Å². The van der Waals surface area contributed by atoms with Crippen LogP contribution in [0.3, 0.4) is 0 Å². The van der Waals surface area contributed by atoms with Gasteiger partial charge < -0.3 is 4.74 Å². The largest absolute Gasteiger partial charge is 0.469 e. The topological polar surface area (TPSA) is 26.3 Å². The second-order valence-electron chi connectivity index (χ2n) is 14.9. The van der Waals surface area contributed by atoms with E-state index in [0.717, 1.165) is 35.5 Å². The normalized spacial score (nSPS) is 51.5. The Bertz CT molecular complexity index is 771. The summed E-state index contributed by atoms with van der Waals surface area (Å²) in [6.45, 7) is 15.7. The van der Waals surface area contributed by atoms with Gasteiger partial charge in [-0.25, -0.2) is 0 Å². The molecule has 2 heteroatoms. The maximum absolute atomic E-state index is 12.0. The summed E-state index contributed by atoms with van der Waals surface area (Å²) in [7, 11) is 1.54. The zero-order valence-electron chi connectivity index (χ0n) is 22.8. The summed E-state index contributed by atoms with van der Waals surface area (Å²) in [6.07, 6.45) is 16.4. The van der Waals surface area contributed by atoms with Crippen LogP contribution in [-0.2, 0) is 9.53 Å². The molecule has 0 spiro atoms. The number of fused-ring (bicyclic) bond motifs is 7. The maximum atomic E-state index is 12.0. The third-order valence-corrected chi connectivity index (χ3v) is 13.6. The highest BCUT2D eigenvalue weighted by atomic mass is 16.5. The molecule has 0 amide bonds. The maximum Gasteiger partial charge on any atom is 0.305 e. The van der Waals surface area contributed by atoms with Crippen LogP contribution in [0.1, 0.15) is 119 Å². The van der Waals surface area contributed by atoms with E-state index in [9.17, 15) is 4.79 Å². The molecule has 0 aromatic carbocycles. The van der Waals surface area contributed by atoms with Crippen molar-refractivity contribution >= 4 is 5.97 Å². The van der Waals surface area contributed by atoms with Gasteiger partial charge in [-0.05, 0) is 127 Å². The van der Waals surface area contributed by atoms with Crippen LogP contribution in [0.4, 0.5) is 0 Å². The Balaban J connectivity index is 1.40. The second-order valence-corrected chi connectivity index (χ2v) is 14.9. The average molecular weight is 457 g/mol. The minimum atomic E-state index is -0.0139. The molecule has 0 radical (unpaired) electrons. The van der Waals surface area contributed by atoms with E-state index in [1.807, 2.05) is 0 Å². The molecule has 2 nitrogen and oxygen atoms in total. The van der Waals surface area contributed by atoms with Crippen molar-refractivity contribution in [3.05, 3.63) is 0 Å². The fourth-order valence-corrected chi connectivity index (χ4v) is 12.0. The fraction of sp³-hybridized carbons (Fsp3) is 0.968. The van der Waals surface area contributed by atoms with Crippen LogP contribution in [-0.4, -0.2) is 13.1 Å². The zero-order valence-corrected chi connectivity index (χ0v) is 22.8. The molecule has 0 N–H and O–H groups in total. The lowest BCUT2D eigenvalue weighted by atomic mass is 9.33. The van der Waals surface area contributed by atoms with Crippen LogP contribution in [0.15, 0.2) is 0 Å². The monoisotopic (exact) mass is 456 g/mol. The molecule has 33 heavy (non-hydrogen) atoms. The number of ether oxygens (including phenoxy) is 1. The summed E-state index contributed by atoms with van der Waals surface area (Å²) >= 11 is 0. The van der Waals surface area contributed by atoms with Gasteiger partial charge in [0, 0.05) is 6.42 Å². The van der Waals surface area contributed by atoms with Gasteiger partial charge in [-0.15, -0.1) is 0 Å². The Morgan fingerprint density at radius 3 is 2.27 bits per heavy atom. The summed E-state index contributed by atoms with van der Waals surface area (Å²) in [5.41, 5.74) is 2.09. The summed E-state index contributed by atoms with van der Waals surface area (Å²) in [4.78, 5) is 12.0. The number of methoxy groups -OCH3 is 1. The molecule has 5 saturated carbocycles. The molecule has 5 aliphatic rings. The lowest BCUT2D eigenvalue weighted by Gasteiger charge is -2.71. The summed E-state index contributed by atoms with van der Waals surface area (Å²) in [5.74, 6) is 5.69. The van der Waals surface area contributed by atoms with E-state index in [0.29, 0.717) is 34.0 Å². The van der Waals surface area contributed by atoms with Crippen molar-refractivity contribution in [1.29, 1.82) is 0 Å². The van der Waals surface area contributed by atoms with Crippen molar-refractivity contribution in [2.45, 2.75) is 119 Å². The van der Waals surface area contributed by atoms with Crippen molar-refractivity contribution in [2.24, 2.45) is 63.1 Å². The van der Waals surface area contributed by atoms with Gasteiger partial charge in [0.25, 0.3) is 0 Å². The SMILES string of the molecule is COC(=O)CC(C)[C@H]1CCC2C3CCC4[C@@]5(C)CCCC(C)(C)C5CC[C@@]4(C)[C@]3(C)CC[C@H]21. The van der Waals surface area contributed by atoms with Crippen molar-refractivity contribution in [1.82, 2.24) is 0 Å². The Kier molecular flexibility index (Phi) is 5.85. The summed E-state index contributed by atoms with van der Waals surface area (Å²) in [5, 5.41) is 0. The molecule has 0 bridgehead atoms. The van der Waals surface area contributed by atoms with Crippen LogP contribution < -0.4 is 0 Å². The first kappa shape index (κ1) is 24.2. The standard InChI is InChI=1S/C31H52O2/c1-20(19-27(32)33-7)21-9-10-23-22(21)13-17-30(5)24(23)11-12-26-29(4)16-8-15-28(2,3)25(29)14-18-31(26,30)6/h20-26H,8-19H2,1-7H3/t20?,21-,22+,23?,24?,25?,26?,29+,30-,31-/m1/s1. The molecule has 0 aromatic rings. The number of hydrogen-bond donors (Lipinski definition) is 0. The van der Waals surface area contributed by atoms with Crippen LogP contribution in [0.25, 0.3) is 0 Å². The van der Waals surface area contributed by atoms with E-state index in [-0.39, 0.29) is 5.97 Å². The van der Waals surface area contributed by atoms with E-state index < -0.39 is 0 Å². The molecule has 0 aromatic heterocycles. The Hall–Kier alpha value is -0.530. The quantitative estimate of drug-likeness (QED) is 0.399. The number of rotatable bonds is 3. The zero-order chi connectivity index (χ0) is 23.8. The number of carbonyl (C=O) groups excluding carboxylic acids is 1. The number of carbonyl (C=O) groups is 1. The van der Waals surface area contributed by atoms with Gasteiger partial charge in [0.05, 0.1) is 7.11 Å². The Labute approximate surface area is 204 Å². The lowest BCUT2D eigenvalue weighted by molar-refractivity contribution is -0.227. The molecule has 0 heterocycles. The molecule has 0 saturated heterocycles. The van der Waals surface area contributed by atoms with Gasteiger partial charge in [0.15, 0.2) is 0 Å². The van der Waals surface area contributed by atoms with Crippen molar-refractivity contribution in [3.63, 3.8) is 0 Å². The van der Waals surface area contributed by atoms with Gasteiger partial charge in [-0.1, -0.05) is 48.0 Å². The number of hydrogen-bond acceptors (Lipinski definition) is 2. The second kappa shape index (κ2) is 7.99. The molecule has 5 unspecified atom stereocenters. The molecule has 10 atom stereocenters. The van der Waals surface area contributed by atoms with Crippen molar-refractivity contribution in [3.8, 4) is 0 Å². The lowest BCUT2D eigenvalue weighted by Crippen LogP contribution is -2.64. The average Bonchev–Trinajstić information content (AvgIpc) is 3.17. The Morgan fingerprint density at radius 2 is 1.55 bits per heavy atom. The molecular weight excluding hydrogens is 404 g/mol. The highest BCUT2D eigenvalue weighted by Crippen LogP contribution is 2.75. The number of esters is 1. The predicted molar refractivity (Wildman–Crippen MR) is 136 cm³/mol. The van der Waals surface area contributed by atoms with Crippen LogP contribution in [0.2, 0.25) is 0 Å². The van der Waals surface area contributed by atoms with Gasteiger partial charge in [-0.3, -0.25) is 4.79 Å². The summed E-state index contributed by atoms with van der Waals surface area (Å²) in [6, 6.07) is 0. The first-order chi connectivity index (χ1) is 15.5. The highest BCUT2D eigenvalue weighted by Gasteiger charge is 2.68. The third kappa shape index (κ3) is 3.34. The van der Waals surface area contributed by atoms with E-state index in [4.69, 9.17) is 4.74 Å². The first-order valence-electron chi connectivity index (χ1n) is 14.5. The molecule has 0 aliphatic heterocycles. The third-order valence-electron chi connectivity index (χ3n) is 13.6. The predicted octanol–water partition coefficient (Wildman–Crippen LogP) is 8.29. The van der Waals surface area contributed by atoms with Crippen LogP contribution in [0, 0.1) is 63.1 Å². The van der Waals surface area contributed by atoms with Crippen LogP contribution >= 0.6 is 0 Å². The van der Waals surface area contributed by atoms with E-state index in [2.05, 4.69) is 41.5 Å². The smallest absolute Gasteiger partial charge is 0.305 e. The minimum Gasteiger partial charge on any atom is -0.469 e. The molecule has 5 rings (SSSR count). The van der Waals surface area contributed by atoms with Gasteiger partial charge in [0.2, 0.25) is 0 Å². The Morgan fingerprint density at radius 1 is 0.818 bits per heavy atom. The van der Waals surface area contributed by atoms with E-state index in [1.165, 1.54) is 70.6 Å². The van der Waals surface area contributed by atoms with Crippen molar-refractivity contribution in [2.75, 3.05) is 7.11 Å². The van der Waals surface area contributed by atoms with Crippen LogP contribution in [0.5, 0.6) is 0 Å². The first-order valence-corrected chi connectivity index (χ1v) is 14.5. The molecular formula is C31H52O2. The molecule has 5 fully saturated rings. The van der Waals surface area contributed by atoms with E-state index in [1.54, 1.807) is 7.11 Å². The van der Waals surface area contributed by atoms with Gasteiger partial charge in [-0.2, -0.15) is 0 Å². The van der Waals surface area contributed by atoms with Gasteiger partial charge >= 0.3 is 5.97 Å². The highest BCUT2D eigenvalue weighted by molar-refractivity contribution is 5.69. The van der Waals surface area contributed by atoms with Gasteiger partial charge in [0.1, 0.15) is 0 Å². The summed E-state index contributed by atoms with van der Waals surface area (Å²) < 4.78 is 5.02. The molecule has 188 valence electrons. The fourth-order valence-electron chi connectivity index (χ4n) is 12.0.